The van der Waals surface area contributed by atoms with Crippen molar-refractivity contribution >= 4 is 0 Å². The molecule has 0 aliphatic carbocycles. The van der Waals surface area contributed by atoms with E-state index in [2.05, 4.69) is 10.00 Å². The molecule has 0 aromatic carbocycles. The fourth-order valence-electron chi connectivity index (χ4n) is 2.33. The fourth-order valence-corrected chi connectivity index (χ4v) is 2.33. The summed E-state index contributed by atoms with van der Waals surface area (Å²) >= 11 is 0. The second-order valence-electron chi connectivity index (χ2n) is 4.96. The van der Waals surface area contributed by atoms with Crippen molar-refractivity contribution in [1.82, 2.24) is 14.7 Å². The van der Waals surface area contributed by atoms with Gasteiger partial charge in [-0.25, -0.2) is 0 Å². The Kier molecular flexibility index (Phi) is 3.84. The average molecular weight is 277 g/mol. The van der Waals surface area contributed by atoms with Gasteiger partial charge in [-0.1, -0.05) is 0 Å². The van der Waals surface area contributed by atoms with E-state index < -0.39 is 18.0 Å². The van der Waals surface area contributed by atoms with E-state index >= 15 is 0 Å². The second-order valence-corrected chi connectivity index (χ2v) is 4.96. The van der Waals surface area contributed by atoms with Crippen LogP contribution in [-0.4, -0.2) is 34.8 Å². The molecule has 0 unspecified atom stereocenters. The molecule has 1 aliphatic rings. The summed E-state index contributed by atoms with van der Waals surface area (Å²) < 4.78 is 39.5. The zero-order valence-electron chi connectivity index (χ0n) is 10.7. The molecule has 108 valence electrons. The van der Waals surface area contributed by atoms with Gasteiger partial charge in [0.05, 0.1) is 17.9 Å². The first-order chi connectivity index (χ1) is 8.79. The quantitative estimate of drug-likeness (QED) is 0.794. The van der Waals surface area contributed by atoms with Crippen LogP contribution < -0.4 is 11.5 Å². The molecule has 4 N–H and O–H groups in total. The number of rotatable bonds is 2. The van der Waals surface area contributed by atoms with E-state index in [9.17, 15) is 13.2 Å². The summed E-state index contributed by atoms with van der Waals surface area (Å²) in [5, 5.41) is 3.66. The zero-order valence-corrected chi connectivity index (χ0v) is 10.7. The normalized spacial score (nSPS) is 19.3. The fraction of sp³-hybridized carbons (Fsp3) is 0.727. The highest BCUT2D eigenvalue weighted by atomic mass is 19.4. The van der Waals surface area contributed by atoms with Gasteiger partial charge in [-0.15, -0.1) is 0 Å². The first-order valence-electron chi connectivity index (χ1n) is 6.15. The molecule has 1 saturated heterocycles. The Morgan fingerprint density at radius 1 is 1.32 bits per heavy atom. The van der Waals surface area contributed by atoms with E-state index in [1.807, 2.05) is 7.05 Å². The molecule has 0 saturated carbocycles. The number of likely N-dealkylation sites (tertiary alicyclic amines) is 1. The van der Waals surface area contributed by atoms with Crippen LogP contribution in [0.1, 0.15) is 36.4 Å². The molecule has 1 aromatic heterocycles. The number of nitrogens with zero attached hydrogens (tertiary/aromatic N) is 3. The minimum atomic E-state index is -4.47. The van der Waals surface area contributed by atoms with Gasteiger partial charge in [-0.05, 0) is 39.0 Å². The standard InChI is InChI=1S/C11H18F3N5/c1-18-4-2-7(3-5-18)19-8(10(15)16)6-9(17-19)11(12,13)14/h6-7,10H,2-5,15-16H2,1H3. The van der Waals surface area contributed by atoms with Crippen LogP contribution in [-0.2, 0) is 6.18 Å². The van der Waals surface area contributed by atoms with E-state index in [0.29, 0.717) is 0 Å². The number of aromatic nitrogens is 2. The van der Waals surface area contributed by atoms with Gasteiger partial charge in [-0.2, -0.15) is 18.3 Å². The Labute approximate surface area is 109 Å². The monoisotopic (exact) mass is 277 g/mol. The lowest BCUT2D eigenvalue weighted by Crippen LogP contribution is -2.34. The first kappa shape index (κ1) is 14.3. The second kappa shape index (κ2) is 5.10. The van der Waals surface area contributed by atoms with Gasteiger partial charge in [0.1, 0.15) is 0 Å². The maximum Gasteiger partial charge on any atom is 0.435 e. The van der Waals surface area contributed by atoms with E-state index in [1.54, 1.807) is 0 Å². The van der Waals surface area contributed by atoms with Gasteiger partial charge in [0.25, 0.3) is 0 Å². The number of hydrogen-bond donors (Lipinski definition) is 2. The van der Waals surface area contributed by atoms with Crippen LogP contribution in [0.3, 0.4) is 0 Å². The molecule has 1 fully saturated rings. The molecule has 2 heterocycles. The number of alkyl halides is 3. The van der Waals surface area contributed by atoms with E-state index in [0.717, 1.165) is 32.0 Å². The van der Waals surface area contributed by atoms with Crippen molar-refractivity contribution in [2.45, 2.75) is 31.2 Å². The van der Waals surface area contributed by atoms with Crippen molar-refractivity contribution in [1.29, 1.82) is 0 Å². The predicted octanol–water partition coefficient (Wildman–Crippen LogP) is 1.08. The maximum atomic E-state index is 12.7. The molecule has 0 atom stereocenters. The number of hydrogen-bond acceptors (Lipinski definition) is 4. The number of halogens is 3. The molecular weight excluding hydrogens is 259 g/mol. The van der Waals surface area contributed by atoms with Crippen molar-refractivity contribution in [3.63, 3.8) is 0 Å². The van der Waals surface area contributed by atoms with Crippen LogP contribution in [0, 0.1) is 0 Å². The van der Waals surface area contributed by atoms with Crippen LogP contribution in [0.15, 0.2) is 6.07 Å². The smallest absolute Gasteiger partial charge is 0.311 e. The molecule has 2 rings (SSSR count). The SMILES string of the molecule is CN1CCC(n2nc(C(F)(F)F)cc2C(N)N)CC1. The third-order valence-corrected chi connectivity index (χ3v) is 3.43. The summed E-state index contributed by atoms with van der Waals surface area (Å²) in [4.78, 5) is 2.13. The summed E-state index contributed by atoms with van der Waals surface area (Å²) in [6, 6.07) is 0.875. The summed E-state index contributed by atoms with van der Waals surface area (Å²) in [6.07, 6.45) is -3.94. The zero-order chi connectivity index (χ0) is 14.2. The predicted molar refractivity (Wildman–Crippen MR) is 64.1 cm³/mol. The van der Waals surface area contributed by atoms with Gasteiger partial charge < -0.3 is 16.4 Å². The summed E-state index contributed by atoms with van der Waals surface area (Å²) in [5.74, 6) is 0. The molecule has 0 spiro atoms. The van der Waals surface area contributed by atoms with Crippen LogP contribution >= 0.6 is 0 Å². The summed E-state index contributed by atoms with van der Waals surface area (Å²) in [7, 11) is 1.98. The lowest BCUT2D eigenvalue weighted by atomic mass is 10.1. The van der Waals surface area contributed by atoms with Crippen molar-refractivity contribution < 1.29 is 13.2 Å². The van der Waals surface area contributed by atoms with Crippen LogP contribution in [0.5, 0.6) is 0 Å². The van der Waals surface area contributed by atoms with Gasteiger partial charge >= 0.3 is 6.18 Å². The number of nitrogens with two attached hydrogens (primary N) is 2. The lowest BCUT2D eigenvalue weighted by Gasteiger charge is -2.30. The molecule has 1 aliphatic heterocycles. The summed E-state index contributed by atoms with van der Waals surface area (Å²) in [5.41, 5.74) is 10.4. The van der Waals surface area contributed by atoms with E-state index in [1.165, 1.54) is 4.68 Å². The van der Waals surface area contributed by atoms with Crippen molar-refractivity contribution in [2.75, 3.05) is 20.1 Å². The van der Waals surface area contributed by atoms with E-state index in [-0.39, 0.29) is 11.7 Å². The lowest BCUT2D eigenvalue weighted by molar-refractivity contribution is -0.141. The summed E-state index contributed by atoms with van der Waals surface area (Å²) in [6.45, 7) is 1.65. The Balaban J connectivity index is 2.30. The van der Waals surface area contributed by atoms with Crippen LogP contribution in [0.25, 0.3) is 0 Å². The molecule has 19 heavy (non-hydrogen) atoms. The Morgan fingerprint density at radius 3 is 2.37 bits per heavy atom. The van der Waals surface area contributed by atoms with Crippen molar-refractivity contribution in [3.8, 4) is 0 Å². The molecule has 0 bridgehead atoms. The van der Waals surface area contributed by atoms with Gasteiger partial charge in [0.2, 0.25) is 0 Å². The van der Waals surface area contributed by atoms with Gasteiger partial charge in [0.15, 0.2) is 5.69 Å². The third kappa shape index (κ3) is 3.07. The number of piperidine rings is 1. The minimum absolute atomic E-state index is 0.0723. The van der Waals surface area contributed by atoms with Crippen molar-refractivity contribution in [2.24, 2.45) is 11.5 Å². The Bertz CT molecular complexity index is 432. The average Bonchev–Trinajstić information content (AvgIpc) is 2.74. The Morgan fingerprint density at radius 2 is 1.89 bits per heavy atom. The maximum absolute atomic E-state index is 12.7. The molecule has 1 aromatic rings. The highest BCUT2D eigenvalue weighted by Gasteiger charge is 2.36. The highest BCUT2D eigenvalue weighted by Crippen LogP contribution is 2.32. The van der Waals surface area contributed by atoms with Crippen LogP contribution in [0.2, 0.25) is 0 Å². The largest absolute Gasteiger partial charge is 0.435 e. The molecule has 8 heteroatoms. The Hall–Kier alpha value is -1.12. The van der Waals surface area contributed by atoms with Crippen molar-refractivity contribution in [3.05, 3.63) is 17.5 Å². The van der Waals surface area contributed by atoms with E-state index in [4.69, 9.17) is 11.5 Å². The minimum Gasteiger partial charge on any atom is -0.311 e. The topological polar surface area (TPSA) is 73.1 Å². The highest BCUT2D eigenvalue weighted by molar-refractivity contribution is 5.16. The molecular formula is C11H18F3N5. The van der Waals surface area contributed by atoms with Gasteiger partial charge in [-0.3, -0.25) is 4.68 Å². The molecule has 5 nitrogen and oxygen atoms in total. The van der Waals surface area contributed by atoms with Gasteiger partial charge in [0, 0.05) is 0 Å². The molecule has 0 radical (unpaired) electrons. The third-order valence-electron chi connectivity index (χ3n) is 3.43. The first-order valence-corrected chi connectivity index (χ1v) is 6.15. The molecule has 0 amide bonds. The van der Waals surface area contributed by atoms with Crippen LogP contribution in [0.4, 0.5) is 13.2 Å².